The Morgan fingerprint density at radius 3 is 2.19 bits per heavy atom. The zero-order valence-electron chi connectivity index (χ0n) is 14.7. The van der Waals surface area contributed by atoms with Gasteiger partial charge in [-0.15, -0.1) is 0 Å². The second kappa shape index (κ2) is 7.76. The summed E-state index contributed by atoms with van der Waals surface area (Å²) in [5.41, 5.74) is 1.04. The van der Waals surface area contributed by atoms with E-state index < -0.39 is 10.0 Å². The molecule has 0 atom stereocenters. The predicted molar refractivity (Wildman–Crippen MR) is 102 cm³/mol. The SMILES string of the molecule is COc1ccc(CCNS(=O)(=O)c2ccc(OC)c3ccccc23)cc1. The smallest absolute Gasteiger partial charge is 0.241 e. The van der Waals surface area contributed by atoms with Crippen LogP contribution in [0.2, 0.25) is 0 Å². The van der Waals surface area contributed by atoms with Gasteiger partial charge in [0.15, 0.2) is 0 Å². The monoisotopic (exact) mass is 371 g/mol. The van der Waals surface area contributed by atoms with Gasteiger partial charge in [-0.3, -0.25) is 0 Å². The molecular weight excluding hydrogens is 350 g/mol. The van der Waals surface area contributed by atoms with E-state index in [4.69, 9.17) is 9.47 Å². The fourth-order valence-electron chi connectivity index (χ4n) is 2.86. The second-order valence-electron chi connectivity index (χ2n) is 5.81. The van der Waals surface area contributed by atoms with Crippen molar-refractivity contribution in [1.29, 1.82) is 0 Å². The molecule has 0 heterocycles. The van der Waals surface area contributed by atoms with Crippen molar-refractivity contribution in [2.45, 2.75) is 11.3 Å². The molecule has 3 aromatic rings. The zero-order valence-corrected chi connectivity index (χ0v) is 15.5. The summed E-state index contributed by atoms with van der Waals surface area (Å²) in [4.78, 5) is 0.253. The number of methoxy groups -OCH3 is 2. The van der Waals surface area contributed by atoms with Crippen molar-refractivity contribution in [3.63, 3.8) is 0 Å². The first-order valence-electron chi connectivity index (χ1n) is 8.23. The van der Waals surface area contributed by atoms with Gasteiger partial charge in [-0.1, -0.05) is 36.4 Å². The van der Waals surface area contributed by atoms with Gasteiger partial charge >= 0.3 is 0 Å². The highest BCUT2D eigenvalue weighted by Crippen LogP contribution is 2.30. The third-order valence-electron chi connectivity index (χ3n) is 4.22. The maximum atomic E-state index is 12.8. The Bertz CT molecular complexity index is 998. The largest absolute Gasteiger partial charge is 0.497 e. The molecule has 0 fully saturated rings. The van der Waals surface area contributed by atoms with Crippen LogP contribution < -0.4 is 14.2 Å². The summed E-state index contributed by atoms with van der Waals surface area (Å²) in [6, 6.07) is 18.2. The van der Waals surface area contributed by atoms with E-state index >= 15 is 0 Å². The molecule has 0 aromatic heterocycles. The highest BCUT2D eigenvalue weighted by atomic mass is 32.2. The molecule has 3 aromatic carbocycles. The standard InChI is InChI=1S/C20H21NO4S/c1-24-16-9-7-15(8-10-16)13-14-21-26(22,23)20-12-11-19(25-2)17-5-3-4-6-18(17)20/h3-12,21H,13-14H2,1-2H3. The molecule has 0 saturated carbocycles. The maximum Gasteiger partial charge on any atom is 0.241 e. The minimum atomic E-state index is -3.63. The lowest BCUT2D eigenvalue weighted by molar-refractivity contribution is 0.414. The fourth-order valence-corrected chi connectivity index (χ4v) is 4.10. The molecule has 0 aliphatic heterocycles. The van der Waals surface area contributed by atoms with Crippen LogP contribution in [0.1, 0.15) is 5.56 Å². The van der Waals surface area contributed by atoms with Gasteiger partial charge in [0.1, 0.15) is 11.5 Å². The quantitative estimate of drug-likeness (QED) is 0.692. The Morgan fingerprint density at radius 1 is 0.846 bits per heavy atom. The number of hydrogen-bond acceptors (Lipinski definition) is 4. The van der Waals surface area contributed by atoms with Crippen LogP contribution in [-0.4, -0.2) is 29.2 Å². The van der Waals surface area contributed by atoms with Crippen molar-refractivity contribution in [2.24, 2.45) is 0 Å². The number of benzene rings is 3. The molecule has 0 saturated heterocycles. The van der Waals surface area contributed by atoms with Gasteiger partial charge in [0, 0.05) is 17.3 Å². The maximum absolute atomic E-state index is 12.8. The Balaban J connectivity index is 1.79. The fraction of sp³-hybridized carbons (Fsp3) is 0.200. The number of sulfonamides is 1. The van der Waals surface area contributed by atoms with Crippen molar-refractivity contribution in [3.05, 3.63) is 66.2 Å². The summed E-state index contributed by atoms with van der Waals surface area (Å²) < 4.78 is 38.7. The molecule has 6 heteroatoms. The van der Waals surface area contributed by atoms with Crippen LogP contribution >= 0.6 is 0 Å². The topological polar surface area (TPSA) is 64.6 Å². The Morgan fingerprint density at radius 2 is 1.54 bits per heavy atom. The van der Waals surface area contributed by atoms with Gasteiger partial charge in [0.25, 0.3) is 0 Å². The van der Waals surface area contributed by atoms with Crippen LogP contribution in [0.25, 0.3) is 10.8 Å². The molecule has 0 unspecified atom stereocenters. The van der Waals surface area contributed by atoms with Crippen molar-refractivity contribution in [1.82, 2.24) is 4.72 Å². The summed E-state index contributed by atoms with van der Waals surface area (Å²) in [6.45, 7) is 0.315. The second-order valence-corrected chi connectivity index (χ2v) is 7.54. The van der Waals surface area contributed by atoms with E-state index in [0.29, 0.717) is 24.1 Å². The Labute approximate surface area is 153 Å². The molecule has 3 rings (SSSR count). The Hall–Kier alpha value is -2.57. The number of ether oxygens (including phenoxy) is 2. The molecule has 0 bridgehead atoms. The molecular formula is C20H21NO4S. The lowest BCUT2D eigenvalue weighted by atomic mass is 10.1. The van der Waals surface area contributed by atoms with E-state index in [1.54, 1.807) is 32.4 Å². The van der Waals surface area contributed by atoms with Crippen LogP contribution in [0, 0.1) is 0 Å². The molecule has 5 nitrogen and oxygen atoms in total. The van der Waals surface area contributed by atoms with Crippen molar-refractivity contribution < 1.29 is 17.9 Å². The molecule has 136 valence electrons. The normalized spacial score (nSPS) is 11.5. The van der Waals surface area contributed by atoms with Crippen LogP contribution in [-0.2, 0) is 16.4 Å². The van der Waals surface area contributed by atoms with Gasteiger partial charge in [-0.05, 0) is 36.2 Å². The molecule has 0 spiro atoms. The van der Waals surface area contributed by atoms with Gasteiger partial charge in [-0.25, -0.2) is 13.1 Å². The Kier molecular flexibility index (Phi) is 5.44. The van der Waals surface area contributed by atoms with E-state index in [1.165, 1.54) is 0 Å². The average molecular weight is 371 g/mol. The first kappa shape index (κ1) is 18.2. The first-order valence-corrected chi connectivity index (χ1v) is 9.72. The molecule has 1 N–H and O–H groups in total. The lowest BCUT2D eigenvalue weighted by Crippen LogP contribution is -2.26. The highest BCUT2D eigenvalue weighted by molar-refractivity contribution is 7.89. The van der Waals surface area contributed by atoms with Crippen LogP contribution in [0.3, 0.4) is 0 Å². The van der Waals surface area contributed by atoms with Gasteiger partial charge in [-0.2, -0.15) is 0 Å². The first-order chi connectivity index (χ1) is 12.5. The summed E-state index contributed by atoms with van der Waals surface area (Å²) in [6.07, 6.45) is 0.595. The molecule has 0 radical (unpaired) electrons. The van der Waals surface area contributed by atoms with E-state index in [0.717, 1.165) is 16.7 Å². The number of fused-ring (bicyclic) bond motifs is 1. The van der Waals surface area contributed by atoms with Gasteiger partial charge in [0.05, 0.1) is 19.1 Å². The highest BCUT2D eigenvalue weighted by Gasteiger charge is 2.18. The summed E-state index contributed by atoms with van der Waals surface area (Å²) >= 11 is 0. The van der Waals surface area contributed by atoms with Gasteiger partial charge in [0.2, 0.25) is 10.0 Å². The summed E-state index contributed by atoms with van der Waals surface area (Å²) in [7, 11) is -0.439. The van der Waals surface area contributed by atoms with Crippen molar-refractivity contribution in [2.75, 3.05) is 20.8 Å². The van der Waals surface area contributed by atoms with Crippen molar-refractivity contribution >= 4 is 20.8 Å². The third kappa shape index (κ3) is 3.81. The van der Waals surface area contributed by atoms with E-state index in [1.807, 2.05) is 42.5 Å². The minimum Gasteiger partial charge on any atom is -0.497 e. The van der Waals surface area contributed by atoms with E-state index in [-0.39, 0.29) is 4.90 Å². The zero-order chi connectivity index (χ0) is 18.6. The van der Waals surface area contributed by atoms with E-state index in [2.05, 4.69) is 4.72 Å². The van der Waals surface area contributed by atoms with Gasteiger partial charge < -0.3 is 9.47 Å². The average Bonchev–Trinajstić information content (AvgIpc) is 2.67. The van der Waals surface area contributed by atoms with Crippen LogP contribution in [0.5, 0.6) is 11.5 Å². The van der Waals surface area contributed by atoms with Crippen LogP contribution in [0.15, 0.2) is 65.6 Å². The van der Waals surface area contributed by atoms with Crippen LogP contribution in [0.4, 0.5) is 0 Å². The molecule has 0 aliphatic rings. The lowest BCUT2D eigenvalue weighted by Gasteiger charge is -2.12. The number of nitrogens with one attached hydrogen (secondary N) is 1. The third-order valence-corrected chi connectivity index (χ3v) is 5.74. The molecule has 0 amide bonds. The number of hydrogen-bond donors (Lipinski definition) is 1. The molecule has 26 heavy (non-hydrogen) atoms. The number of rotatable bonds is 7. The predicted octanol–water partition coefficient (Wildman–Crippen LogP) is 3.38. The van der Waals surface area contributed by atoms with E-state index in [9.17, 15) is 8.42 Å². The van der Waals surface area contributed by atoms with Crippen molar-refractivity contribution in [3.8, 4) is 11.5 Å². The summed E-state index contributed by atoms with van der Waals surface area (Å²) in [5.74, 6) is 1.43. The molecule has 0 aliphatic carbocycles. The summed E-state index contributed by atoms with van der Waals surface area (Å²) in [5, 5.41) is 1.41. The minimum absolute atomic E-state index is 0.253.